The van der Waals surface area contributed by atoms with Crippen molar-refractivity contribution in [3.63, 3.8) is 0 Å². The third kappa shape index (κ3) is 8.68. The van der Waals surface area contributed by atoms with Crippen molar-refractivity contribution < 1.29 is 22.8 Å². The number of carbonyl (C=O) groups is 2. The number of rotatable bonds is 10. The zero-order chi connectivity index (χ0) is 34.9. The molecule has 1 saturated heterocycles. The molecule has 0 saturated carbocycles. The van der Waals surface area contributed by atoms with Gasteiger partial charge in [-0.2, -0.15) is 13.2 Å². The number of benzene rings is 3. The van der Waals surface area contributed by atoms with Crippen LogP contribution in [-0.4, -0.2) is 55.7 Å². The van der Waals surface area contributed by atoms with E-state index in [2.05, 4.69) is 27.1 Å². The summed E-state index contributed by atoms with van der Waals surface area (Å²) >= 11 is 0. The summed E-state index contributed by atoms with van der Waals surface area (Å²) in [7, 11) is 0. The maximum atomic E-state index is 14.5. The molecule has 0 radical (unpaired) electrons. The molecular formula is C40H36F3N5O2. The average Bonchev–Trinajstić information content (AvgIpc) is 3.16. The summed E-state index contributed by atoms with van der Waals surface area (Å²) in [5.74, 6) is -0.241. The van der Waals surface area contributed by atoms with Gasteiger partial charge in [-0.25, -0.2) is 9.97 Å². The van der Waals surface area contributed by atoms with Crippen molar-refractivity contribution in [1.82, 2.24) is 24.8 Å². The highest BCUT2D eigenvalue weighted by Gasteiger charge is 2.35. The summed E-state index contributed by atoms with van der Waals surface area (Å²) < 4.78 is 39.3. The van der Waals surface area contributed by atoms with Crippen molar-refractivity contribution in [2.75, 3.05) is 13.1 Å². The van der Waals surface area contributed by atoms with Crippen molar-refractivity contribution in [1.29, 1.82) is 0 Å². The van der Waals surface area contributed by atoms with Crippen LogP contribution in [0.3, 0.4) is 0 Å². The van der Waals surface area contributed by atoms with E-state index in [4.69, 9.17) is 0 Å². The molecule has 3 heterocycles. The molecule has 2 aromatic heterocycles. The largest absolute Gasteiger partial charge is 0.433 e. The van der Waals surface area contributed by atoms with Gasteiger partial charge in [0.1, 0.15) is 18.1 Å². The van der Waals surface area contributed by atoms with Crippen LogP contribution in [-0.2, 0) is 28.7 Å². The molecule has 0 aliphatic carbocycles. The zero-order valence-electron chi connectivity index (χ0n) is 27.3. The Bertz CT molecular complexity index is 1880. The lowest BCUT2D eigenvalue weighted by Crippen LogP contribution is -2.53. The van der Waals surface area contributed by atoms with Crippen LogP contribution in [0.25, 0.3) is 17.2 Å². The molecule has 5 aromatic rings. The second kappa shape index (κ2) is 15.7. The summed E-state index contributed by atoms with van der Waals surface area (Å²) in [6.45, 7) is 1.25. The Morgan fingerprint density at radius 2 is 1.46 bits per heavy atom. The smallest absolute Gasteiger partial charge is 0.341 e. The molecule has 254 valence electrons. The Kier molecular flexibility index (Phi) is 10.8. The van der Waals surface area contributed by atoms with Gasteiger partial charge in [0.2, 0.25) is 11.8 Å². The maximum absolute atomic E-state index is 14.5. The van der Waals surface area contributed by atoms with Gasteiger partial charge in [0, 0.05) is 56.3 Å². The molecule has 6 rings (SSSR count). The van der Waals surface area contributed by atoms with Gasteiger partial charge in [-0.05, 0) is 58.7 Å². The second-order valence-corrected chi connectivity index (χ2v) is 12.3. The predicted octanol–water partition coefficient (Wildman–Crippen LogP) is 7.62. The van der Waals surface area contributed by atoms with Gasteiger partial charge >= 0.3 is 6.18 Å². The minimum absolute atomic E-state index is 0.129. The molecule has 2 amide bonds. The molecule has 7 nitrogen and oxygen atoms in total. The van der Waals surface area contributed by atoms with Crippen LogP contribution in [0.4, 0.5) is 13.2 Å². The van der Waals surface area contributed by atoms with Crippen LogP contribution in [0.15, 0.2) is 128 Å². The van der Waals surface area contributed by atoms with Gasteiger partial charge in [0.15, 0.2) is 0 Å². The van der Waals surface area contributed by atoms with Crippen molar-refractivity contribution >= 4 is 17.9 Å². The standard InChI is InChI=1S/C40H36F3N5O2/c41-40(42,43)37-17-13-30(24-46-37)14-18-38(49)48(27-31-11-15-33(16-12-31)35-25-44-28-45-26-35)36(23-29-7-3-1-4-8-29)39(50)47-21-19-34(20-22-47)32-9-5-2-6-10-32/h1-18,24-26,28,34,36H,19-23,27H2/b18-14+/t36-/m0/s1. The van der Waals surface area contributed by atoms with Crippen molar-refractivity contribution in [3.8, 4) is 11.1 Å². The van der Waals surface area contributed by atoms with Crippen molar-refractivity contribution in [2.45, 2.75) is 43.9 Å². The number of halogens is 3. The number of hydrogen-bond donors (Lipinski definition) is 0. The fraction of sp³-hybridized carbons (Fsp3) is 0.225. The first-order valence-electron chi connectivity index (χ1n) is 16.5. The summed E-state index contributed by atoms with van der Waals surface area (Å²) in [6.07, 6.45) is 6.04. The van der Waals surface area contributed by atoms with Crippen LogP contribution in [0.2, 0.25) is 0 Å². The SMILES string of the molecule is O=C([C@H](Cc1ccccc1)N(Cc1ccc(-c2cncnc2)cc1)C(=O)/C=C/c1ccc(C(F)(F)F)nc1)N1CCC(c2ccccc2)CC1. The highest BCUT2D eigenvalue weighted by Crippen LogP contribution is 2.30. The molecule has 1 aliphatic rings. The summed E-state index contributed by atoms with van der Waals surface area (Å²) in [5.41, 5.74) is 4.02. The number of hydrogen-bond acceptors (Lipinski definition) is 5. The predicted molar refractivity (Wildman–Crippen MR) is 185 cm³/mol. The van der Waals surface area contributed by atoms with E-state index in [9.17, 15) is 22.8 Å². The van der Waals surface area contributed by atoms with E-state index in [1.807, 2.05) is 77.7 Å². The van der Waals surface area contributed by atoms with E-state index < -0.39 is 23.8 Å². The minimum Gasteiger partial charge on any atom is -0.341 e. The first kappa shape index (κ1) is 34.2. The van der Waals surface area contributed by atoms with E-state index in [1.54, 1.807) is 17.3 Å². The number of amides is 2. The Morgan fingerprint density at radius 1 is 0.800 bits per heavy atom. The Labute approximate surface area is 289 Å². The van der Waals surface area contributed by atoms with Crippen LogP contribution in [0.5, 0.6) is 0 Å². The maximum Gasteiger partial charge on any atom is 0.433 e. The normalized spacial score (nSPS) is 14.4. The first-order chi connectivity index (χ1) is 24.2. The quantitative estimate of drug-likeness (QED) is 0.142. The zero-order valence-corrected chi connectivity index (χ0v) is 27.3. The fourth-order valence-electron chi connectivity index (χ4n) is 6.26. The molecule has 1 fully saturated rings. The Balaban J connectivity index is 1.30. The third-order valence-electron chi connectivity index (χ3n) is 8.99. The van der Waals surface area contributed by atoms with E-state index in [0.717, 1.165) is 47.4 Å². The number of pyridine rings is 1. The Hall–Kier alpha value is -5.64. The van der Waals surface area contributed by atoms with E-state index in [0.29, 0.717) is 31.0 Å². The van der Waals surface area contributed by atoms with Gasteiger partial charge in [-0.15, -0.1) is 0 Å². The van der Waals surface area contributed by atoms with Crippen LogP contribution >= 0.6 is 0 Å². The number of nitrogens with zero attached hydrogens (tertiary/aromatic N) is 5. The van der Waals surface area contributed by atoms with Gasteiger partial charge in [0.05, 0.1) is 0 Å². The van der Waals surface area contributed by atoms with Gasteiger partial charge in [-0.1, -0.05) is 91.0 Å². The molecule has 0 unspecified atom stereocenters. The Morgan fingerprint density at radius 3 is 2.08 bits per heavy atom. The van der Waals surface area contributed by atoms with Crippen molar-refractivity contribution in [3.05, 3.63) is 156 Å². The van der Waals surface area contributed by atoms with Crippen LogP contribution < -0.4 is 0 Å². The van der Waals surface area contributed by atoms with Crippen molar-refractivity contribution in [2.24, 2.45) is 0 Å². The molecular weight excluding hydrogens is 639 g/mol. The number of likely N-dealkylation sites (tertiary alicyclic amines) is 1. The van der Waals surface area contributed by atoms with Gasteiger partial charge in [-0.3, -0.25) is 14.6 Å². The minimum atomic E-state index is -4.57. The highest BCUT2D eigenvalue weighted by molar-refractivity contribution is 5.95. The number of piperidine rings is 1. The first-order valence-corrected chi connectivity index (χ1v) is 16.5. The van der Waals surface area contributed by atoms with Gasteiger partial charge < -0.3 is 9.80 Å². The molecule has 0 N–H and O–H groups in total. The molecule has 0 spiro atoms. The van der Waals surface area contributed by atoms with Crippen LogP contribution in [0, 0.1) is 0 Å². The number of aromatic nitrogens is 3. The van der Waals surface area contributed by atoms with E-state index in [1.165, 1.54) is 30.1 Å². The molecule has 10 heteroatoms. The molecule has 1 atom stereocenters. The molecule has 1 aliphatic heterocycles. The van der Waals surface area contributed by atoms with E-state index in [-0.39, 0.29) is 12.5 Å². The third-order valence-corrected chi connectivity index (χ3v) is 8.99. The van der Waals surface area contributed by atoms with Crippen LogP contribution in [0.1, 0.15) is 46.7 Å². The highest BCUT2D eigenvalue weighted by atomic mass is 19.4. The summed E-state index contributed by atoms with van der Waals surface area (Å²) in [4.78, 5) is 43.8. The average molecular weight is 676 g/mol. The summed E-state index contributed by atoms with van der Waals surface area (Å²) in [5, 5.41) is 0. The topological polar surface area (TPSA) is 79.3 Å². The molecule has 0 bridgehead atoms. The molecule has 50 heavy (non-hydrogen) atoms. The van der Waals surface area contributed by atoms with E-state index >= 15 is 0 Å². The monoisotopic (exact) mass is 675 g/mol. The number of carbonyl (C=O) groups excluding carboxylic acids is 2. The lowest BCUT2D eigenvalue weighted by atomic mass is 9.89. The second-order valence-electron chi connectivity index (χ2n) is 12.3. The summed E-state index contributed by atoms with van der Waals surface area (Å²) in [6, 6.07) is 28.8. The van der Waals surface area contributed by atoms with Gasteiger partial charge in [0.25, 0.3) is 0 Å². The lowest BCUT2D eigenvalue weighted by Gasteiger charge is -2.38. The molecule has 3 aromatic carbocycles. The lowest BCUT2D eigenvalue weighted by molar-refractivity contribution is -0.145. The fourth-order valence-corrected chi connectivity index (χ4v) is 6.26. The number of alkyl halides is 3.